The molecule has 0 saturated carbocycles. The number of amides is 1. The van der Waals surface area contributed by atoms with Crippen molar-refractivity contribution in [3.63, 3.8) is 0 Å². The number of Topliss-reactive ketones (excluding diaryl/α,β-unsaturated/α-hetero) is 1. The largest absolute Gasteiger partial charge is 0.383 e. The number of nitrogens with one attached hydrogen (secondary N) is 1. The molecule has 0 fully saturated rings. The second-order valence-corrected chi connectivity index (χ2v) is 4.40. The van der Waals surface area contributed by atoms with Crippen molar-refractivity contribution in [2.45, 2.75) is 6.42 Å². The number of anilines is 2. The van der Waals surface area contributed by atoms with E-state index in [9.17, 15) is 9.59 Å². The Balaban J connectivity index is 2.22. The molecule has 104 valence electrons. The number of methoxy groups -OCH3 is 1. The van der Waals surface area contributed by atoms with Gasteiger partial charge in [0, 0.05) is 25.9 Å². The van der Waals surface area contributed by atoms with Gasteiger partial charge in [0.1, 0.15) is 0 Å². The molecule has 1 aliphatic heterocycles. The molecule has 0 bridgehead atoms. The molecule has 1 aliphatic rings. The number of carbonyl (C=O) groups is 2. The monoisotopic (exact) mass is 273 g/mol. The van der Waals surface area contributed by atoms with E-state index >= 15 is 0 Å². The molecule has 6 heteroatoms. The standard InChI is InChI=1S/C14H15N3O3/c1-20-8-7-17(6-2-5-15)10-3-4-11-12(9-10)16-14(19)13(11)18/h3-4,9H,2,6-8H2,1H3,(H,16,18,19). The van der Waals surface area contributed by atoms with Crippen molar-refractivity contribution in [2.24, 2.45) is 0 Å². The molecule has 2 rings (SSSR count). The van der Waals surface area contributed by atoms with Crippen molar-refractivity contribution in [3.8, 4) is 6.07 Å². The molecule has 0 atom stereocenters. The number of ketones is 1. The van der Waals surface area contributed by atoms with E-state index in [1.807, 2.05) is 4.90 Å². The summed E-state index contributed by atoms with van der Waals surface area (Å²) >= 11 is 0. The summed E-state index contributed by atoms with van der Waals surface area (Å²) in [4.78, 5) is 24.8. The number of hydrogen-bond acceptors (Lipinski definition) is 5. The summed E-state index contributed by atoms with van der Waals surface area (Å²) in [5.74, 6) is -1.11. The number of nitrogens with zero attached hydrogens (tertiary/aromatic N) is 2. The fraction of sp³-hybridized carbons (Fsp3) is 0.357. The van der Waals surface area contributed by atoms with Crippen molar-refractivity contribution in [1.29, 1.82) is 5.26 Å². The fourth-order valence-corrected chi connectivity index (χ4v) is 2.09. The molecular weight excluding hydrogens is 258 g/mol. The predicted octanol–water partition coefficient (Wildman–Crippen LogP) is 1.19. The van der Waals surface area contributed by atoms with Crippen molar-refractivity contribution in [2.75, 3.05) is 37.0 Å². The summed E-state index contributed by atoms with van der Waals surface area (Å²) in [6, 6.07) is 7.28. The van der Waals surface area contributed by atoms with Crippen LogP contribution in [0.1, 0.15) is 16.8 Å². The SMILES string of the molecule is COCCN(CCC#N)c1ccc2c(c1)NC(=O)C2=O. The predicted molar refractivity (Wildman–Crippen MR) is 73.7 cm³/mol. The van der Waals surface area contributed by atoms with Gasteiger partial charge in [-0.05, 0) is 18.2 Å². The summed E-state index contributed by atoms with van der Waals surface area (Å²) in [5, 5.41) is 11.2. The normalized spacial score (nSPS) is 12.8. The highest BCUT2D eigenvalue weighted by molar-refractivity contribution is 6.51. The first kappa shape index (κ1) is 14.0. The van der Waals surface area contributed by atoms with Crippen LogP contribution in [0.25, 0.3) is 0 Å². The Morgan fingerprint density at radius 1 is 1.35 bits per heavy atom. The average molecular weight is 273 g/mol. The van der Waals surface area contributed by atoms with Crippen LogP contribution < -0.4 is 10.2 Å². The summed E-state index contributed by atoms with van der Waals surface area (Å²) in [7, 11) is 1.62. The number of benzene rings is 1. The summed E-state index contributed by atoms with van der Waals surface area (Å²) in [6.07, 6.45) is 0.395. The third kappa shape index (κ3) is 2.78. The van der Waals surface area contributed by atoms with E-state index in [1.54, 1.807) is 25.3 Å². The molecule has 0 saturated heterocycles. The van der Waals surface area contributed by atoms with Gasteiger partial charge in [0.15, 0.2) is 0 Å². The van der Waals surface area contributed by atoms with Gasteiger partial charge < -0.3 is 15.0 Å². The Morgan fingerprint density at radius 3 is 2.85 bits per heavy atom. The minimum Gasteiger partial charge on any atom is -0.383 e. The first-order valence-electron chi connectivity index (χ1n) is 6.28. The number of carbonyl (C=O) groups excluding carboxylic acids is 2. The Morgan fingerprint density at radius 2 is 2.15 bits per heavy atom. The number of hydrogen-bond donors (Lipinski definition) is 1. The van der Waals surface area contributed by atoms with Crippen LogP contribution in [0.2, 0.25) is 0 Å². The van der Waals surface area contributed by atoms with Gasteiger partial charge in [-0.1, -0.05) is 0 Å². The van der Waals surface area contributed by atoms with Crippen molar-refractivity contribution >= 4 is 23.1 Å². The first-order chi connectivity index (χ1) is 9.67. The molecule has 1 aromatic carbocycles. The Kier molecular flexibility index (Phi) is 4.33. The van der Waals surface area contributed by atoms with Gasteiger partial charge in [0.05, 0.1) is 30.3 Å². The number of rotatable bonds is 6. The van der Waals surface area contributed by atoms with Crippen LogP contribution in [0.5, 0.6) is 0 Å². The van der Waals surface area contributed by atoms with Crippen LogP contribution in [0.3, 0.4) is 0 Å². The average Bonchev–Trinajstić information content (AvgIpc) is 2.74. The zero-order valence-electron chi connectivity index (χ0n) is 11.2. The van der Waals surface area contributed by atoms with Gasteiger partial charge in [-0.25, -0.2) is 0 Å². The van der Waals surface area contributed by atoms with Crippen LogP contribution >= 0.6 is 0 Å². The second-order valence-electron chi connectivity index (χ2n) is 4.40. The summed E-state index contributed by atoms with van der Waals surface area (Å²) < 4.78 is 5.05. The molecule has 6 nitrogen and oxygen atoms in total. The van der Waals surface area contributed by atoms with Gasteiger partial charge in [-0.15, -0.1) is 0 Å². The van der Waals surface area contributed by atoms with Crippen molar-refractivity contribution in [3.05, 3.63) is 23.8 Å². The molecule has 20 heavy (non-hydrogen) atoms. The molecular formula is C14H15N3O3. The lowest BCUT2D eigenvalue weighted by atomic mass is 10.1. The molecule has 0 aliphatic carbocycles. The van der Waals surface area contributed by atoms with Crippen LogP contribution in [0.4, 0.5) is 11.4 Å². The number of nitriles is 1. The molecule has 1 N–H and O–H groups in total. The van der Waals surface area contributed by atoms with E-state index in [4.69, 9.17) is 10.00 Å². The molecule has 0 aromatic heterocycles. The third-order valence-electron chi connectivity index (χ3n) is 3.13. The maximum atomic E-state index is 11.5. The topological polar surface area (TPSA) is 82.4 Å². The Bertz CT molecular complexity index is 578. The van der Waals surface area contributed by atoms with Crippen molar-refractivity contribution in [1.82, 2.24) is 0 Å². The summed E-state index contributed by atoms with van der Waals surface area (Å²) in [6.45, 7) is 1.74. The second kappa shape index (κ2) is 6.17. The van der Waals surface area contributed by atoms with Gasteiger partial charge in [-0.3, -0.25) is 9.59 Å². The number of ether oxygens (including phenoxy) is 1. The molecule has 1 amide bonds. The van der Waals surface area contributed by atoms with E-state index in [1.165, 1.54) is 0 Å². The Labute approximate surface area is 116 Å². The maximum absolute atomic E-state index is 11.5. The molecule has 0 unspecified atom stereocenters. The van der Waals surface area contributed by atoms with Gasteiger partial charge >= 0.3 is 0 Å². The van der Waals surface area contributed by atoms with Gasteiger partial charge in [0.25, 0.3) is 11.7 Å². The molecule has 1 heterocycles. The number of fused-ring (bicyclic) bond motifs is 1. The Hall–Kier alpha value is -2.39. The zero-order valence-corrected chi connectivity index (χ0v) is 11.2. The van der Waals surface area contributed by atoms with E-state index in [0.717, 1.165) is 5.69 Å². The fourth-order valence-electron chi connectivity index (χ4n) is 2.09. The molecule has 0 radical (unpaired) electrons. The minimum absolute atomic E-state index is 0.394. The molecule has 1 aromatic rings. The van der Waals surface area contributed by atoms with Gasteiger partial charge in [0.2, 0.25) is 0 Å². The van der Waals surface area contributed by atoms with Crippen LogP contribution in [-0.2, 0) is 9.53 Å². The van der Waals surface area contributed by atoms with Crippen molar-refractivity contribution < 1.29 is 14.3 Å². The highest BCUT2D eigenvalue weighted by Crippen LogP contribution is 2.28. The van der Waals surface area contributed by atoms with Crippen LogP contribution in [-0.4, -0.2) is 38.5 Å². The third-order valence-corrected chi connectivity index (χ3v) is 3.13. The summed E-state index contributed by atoms with van der Waals surface area (Å²) in [5.41, 5.74) is 1.77. The zero-order chi connectivity index (χ0) is 14.5. The quantitative estimate of drug-likeness (QED) is 0.787. The lowest BCUT2D eigenvalue weighted by Crippen LogP contribution is -2.28. The lowest BCUT2D eigenvalue weighted by molar-refractivity contribution is -0.112. The smallest absolute Gasteiger partial charge is 0.296 e. The van der Waals surface area contributed by atoms with Crippen LogP contribution in [0, 0.1) is 11.3 Å². The van der Waals surface area contributed by atoms with E-state index < -0.39 is 11.7 Å². The highest BCUT2D eigenvalue weighted by atomic mass is 16.5. The van der Waals surface area contributed by atoms with E-state index in [2.05, 4.69) is 11.4 Å². The highest BCUT2D eigenvalue weighted by Gasteiger charge is 2.28. The molecule has 0 spiro atoms. The van der Waals surface area contributed by atoms with E-state index in [-0.39, 0.29) is 0 Å². The maximum Gasteiger partial charge on any atom is 0.296 e. The van der Waals surface area contributed by atoms with Gasteiger partial charge in [-0.2, -0.15) is 5.26 Å². The minimum atomic E-state index is -0.599. The van der Waals surface area contributed by atoms with Crippen LogP contribution in [0.15, 0.2) is 18.2 Å². The lowest BCUT2D eigenvalue weighted by Gasteiger charge is -2.23. The van der Waals surface area contributed by atoms with E-state index in [0.29, 0.717) is 37.4 Å². The first-order valence-corrected chi connectivity index (χ1v) is 6.28.